The van der Waals surface area contributed by atoms with Crippen molar-refractivity contribution in [2.24, 2.45) is 11.7 Å². The average Bonchev–Trinajstić information content (AvgIpc) is 2.28. The number of amides is 1. The molecule has 1 rings (SSSR count). The van der Waals surface area contributed by atoms with E-state index in [9.17, 15) is 4.79 Å². The van der Waals surface area contributed by atoms with E-state index in [1.807, 2.05) is 31.2 Å². The topological polar surface area (TPSA) is 55.1 Å². The summed E-state index contributed by atoms with van der Waals surface area (Å²) in [6, 6.07) is 7.45. The van der Waals surface area contributed by atoms with Crippen molar-refractivity contribution < 1.29 is 4.79 Å². The number of nitrogens with one attached hydrogen (secondary N) is 1. The summed E-state index contributed by atoms with van der Waals surface area (Å²) in [7, 11) is 0. The van der Waals surface area contributed by atoms with Crippen molar-refractivity contribution in [1.82, 2.24) is 5.32 Å². The minimum atomic E-state index is -0.428. The molecule has 2 unspecified atom stereocenters. The molecule has 18 heavy (non-hydrogen) atoms. The van der Waals surface area contributed by atoms with Crippen LogP contribution < -0.4 is 11.1 Å². The lowest BCUT2D eigenvalue weighted by Gasteiger charge is -2.19. The van der Waals surface area contributed by atoms with Gasteiger partial charge in [0.05, 0.1) is 12.1 Å². The van der Waals surface area contributed by atoms with Gasteiger partial charge < -0.3 is 11.1 Å². The highest BCUT2D eigenvalue weighted by atomic mass is 79.9. The van der Waals surface area contributed by atoms with Gasteiger partial charge in [-0.2, -0.15) is 0 Å². The summed E-state index contributed by atoms with van der Waals surface area (Å²) < 4.78 is 1.03. The molecule has 1 amide bonds. The third-order valence-corrected chi connectivity index (χ3v) is 3.32. The smallest absolute Gasteiger partial charge is 0.237 e. The predicted molar refractivity (Wildman–Crippen MR) is 78.1 cm³/mol. The first kappa shape index (κ1) is 15.2. The van der Waals surface area contributed by atoms with Crippen molar-refractivity contribution in [3.8, 4) is 0 Å². The SMILES string of the molecule is CC(C)CC(N)C(=O)NC(C)c1ccc(Br)cc1. The number of carbonyl (C=O) groups excluding carboxylic acids is 1. The van der Waals surface area contributed by atoms with Gasteiger partial charge >= 0.3 is 0 Å². The number of halogens is 1. The van der Waals surface area contributed by atoms with E-state index in [2.05, 4.69) is 35.1 Å². The molecule has 0 aromatic heterocycles. The summed E-state index contributed by atoms with van der Waals surface area (Å²) in [6.07, 6.45) is 0.707. The van der Waals surface area contributed by atoms with Crippen LogP contribution in [-0.4, -0.2) is 11.9 Å². The van der Waals surface area contributed by atoms with E-state index >= 15 is 0 Å². The van der Waals surface area contributed by atoms with Crippen molar-refractivity contribution in [2.75, 3.05) is 0 Å². The Morgan fingerprint density at radius 1 is 1.28 bits per heavy atom. The Hall–Kier alpha value is -0.870. The third-order valence-electron chi connectivity index (χ3n) is 2.79. The second-order valence-electron chi connectivity index (χ2n) is 5.02. The number of hydrogen-bond acceptors (Lipinski definition) is 2. The maximum atomic E-state index is 11.9. The van der Waals surface area contributed by atoms with Gasteiger partial charge in [0.2, 0.25) is 5.91 Å². The minimum Gasteiger partial charge on any atom is -0.348 e. The molecule has 1 aromatic rings. The van der Waals surface area contributed by atoms with E-state index in [-0.39, 0.29) is 11.9 Å². The van der Waals surface area contributed by atoms with Gasteiger partial charge in [0.25, 0.3) is 0 Å². The highest BCUT2D eigenvalue weighted by Crippen LogP contribution is 2.16. The lowest BCUT2D eigenvalue weighted by molar-refractivity contribution is -0.123. The minimum absolute atomic E-state index is 0.0242. The molecule has 0 aliphatic rings. The zero-order chi connectivity index (χ0) is 13.7. The Labute approximate surface area is 117 Å². The van der Waals surface area contributed by atoms with E-state index in [0.717, 1.165) is 10.0 Å². The quantitative estimate of drug-likeness (QED) is 0.878. The van der Waals surface area contributed by atoms with Gasteiger partial charge in [-0.05, 0) is 37.0 Å². The van der Waals surface area contributed by atoms with Gasteiger partial charge in [0, 0.05) is 4.47 Å². The molecule has 2 atom stereocenters. The van der Waals surface area contributed by atoms with Gasteiger partial charge in [-0.1, -0.05) is 41.9 Å². The van der Waals surface area contributed by atoms with Crippen LogP contribution in [0, 0.1) is 5.92 Å². The van der Waals surface area contributed by atoms with Crippen molar-refractivity contribution in [1.29, 1.82) is 0 Å². The van der Waals surface area contributed by atoms with Gasteiger partial charge in [-0.15, -0.1) is 0 Å². The number of nitrogens with two attached hydrogens (primary N) is 1. The van der Waals surface area contributed by atoms with Crippen molar-refractivity contribution >= 4 is 21.8 Å². The maximum Gasteiger partial charge on any atom is 0.237 e. The third kappa shape index (κ3) is 4.78. The molecule has 0 saturated carbocycles. The molecule has 100 valence electrons. The first-order valence-corrected chi connectivity index (χ1v) is 7.01. The molecule has 0 aliphatic heterocycles. The van der Waals surface area contributed by atoms with E-state index in [1.54, 1.807) is 0 Å². The summed E-state index contributed by atoms with van der Waals surface area (Å²) in [5, 5.41) is 2.94. The highest BCUT2D eigenvalue weighted by Gasteiger charge is 2.17. The van der Waals surface area contributed by atoms with Gasteiger partial charge in [0.15, 0.2) is 0 Å². The fourth-order valence-electron chi connectivity index (χ4n) is 1.77. The zero-order valence-corrected chi connectivity index (χ0v) is 12.7. The first-order valence-electron chi connectivity index (χ1n) is 6.21. The molecule has 0 spiro atoms. The van der Waals surface area contributed by atoms with Crippen molar-refractivity contribution in [3.05, 3.63) is 34.3 Å². The molecule has 0 aliphatic carbocycles. The Morgan fingerprint density at radius 2 is 1.83 bits per heavy atom. The largest absolute Gasteiger partial charge is 0.348 e. The van der Waals surface area contributed by atoms with Gasteiger partial charge in [-0.25, -0.2) is 0 Å². The summed E-state index contributed by atoms with van der Waals surface area (Å²) in [5.74, 6) is 0.341. The van der Waals surface area contributed by atoms with Crippen LogP contribution in [0.25, 0.3) is 0 Å². The molecular formula is C14H21BrN2O. The van der Waals surface area contributed by atoms with Crippen LogP contribution in [0.5, 0.6) is 0 Å². The van der Waals surface area contributed by atoms with E-state index in [1.165, 1.54) is 0 Å². The molecule has 0 fully saturated rings. The number of hydrogen-bond donors (Lipinski definition) is 2. The monoisotopic (exact) mass is 312 g/mol. The molecule has 0 radical (unpaired) electrons. The lowest BCUT2D eigenvalue weighted by Crippen LogP contribution is -2.42. The molecule has 0 heterocycles. The average molecular weight is 313 g/mol. The highest BCUT2D eigenvalue weighted by molar-refractivity contribution is 9.10. The van der Waals surface area contributed by atoms with E-state index < -0.39 is 6.04 Å². The number of carbonyl (C=O) groups is 1. The first-order chi connectivity index (χ1) is 8.40. The van der Waals surface area contributed by atoms with Crippen molar-refractivity contribution in [3.63, 3.8) is 0 Å². The van der Waals surface area contributed by atoms with Crippen molar-refractivity contribution in [2.45, 2.75) is 39.3 Å². The number of benzene rings is 1. The molecular weight excluding hydrogens is 292 g/mol. The van der Waals surface area contributed by atoms with E-state index in [0.29, 0.717) is 12.3 Å². The maximum absolute atomic E-state index is 11.9. The predicted octanol–water partition coefficient (Wildman–Crippen LogP) is 3.00. The summed E-state index contributed by atoms with van der Waals surface area (Å²) in [4.78, 5) is 11.9. The van der Waals surface area contributed by atoms with E-state index in [4.69, 9.17) is 5.73 Å². The Morgan fingerprint density at radius 3 is 2.33 bits per heavy atom. The fourth-order valence-corrected chi connectivity index (χ4v) is 2.03. The Bertz CT molecular complexity index is 389. The second kappa shape index (κ2) is 6.90. The van der Waals surface area contributed by atoms with Crippen LogP contribution in [0.15, 0.2) is 28.7 Å². The lowest BCUT2D eigenvalue weighted by atomic mass is 10.0. The molecule has 0 bridgehead atoms. The van der Waals surface area contributed by atoms with Crippen LogP contribution in [0.3, 0.4) is 0 Å². The molecule has 3 nitrogen and oxygen atoms in total. The summed E-state index contributed by atoms with van der Waals surface area (Å²) in [5.41, 5.74) is 6.92. The molecule has 3 N–H and O–H groups in total. The zero-order valence-electron chi connectivity index (χ0n) is 11.1. The van der Waals surface area contributed by atoms with Gasteiger partial charge in [0.1, 0.15) is 0 Å². The normalized spacial score (nSPS) is 14.3. The van der Waals surface area contributed by atoms with Crippen LogP contribution in [0.1, 0.15) is 38.8 Å². The molecule has 0 saturated heterocycles. The standard InChI is InChI=1S/C14H21BrN2O/c1-9(2)8-13(16)14(18)17-10(3)11-4-6-12(15)7-5-11/h4-7,9-10,13H,8,16H2,1-3H3,(H,17,18). The Kier molecular flexibility index (Phi) is 5.82. The van der Waals surface area contributed by atoms with Crippen LogP contribution in [-0.2, 0) is 4.79 Å². The van der Waals surface area contributed by atoms with Crippen LogP contribution >= 0.6 is 15.9 Å². The molecule has 4 heteroatoms. The summed E-state index contributed by atoms with van der Waals surface area (Å²) in [6.45, 7) is 6.08. The molecule has 1 aromatic carbocycles. The Balaban J connectivity index is 2.56. The second-order valence-corrected chi connectivity index (χ2v) is 5.93. The summed E-state index contributed by atoms with van der Waals surface area (Å²) >= 11 is 3.39. The number of rotatable bonds is 5. The van der Waals surface area contributed by atoms with Gasteiger partial charge in [-0.3, -0.25) is 4.79 Å². The van der Waals surface area contributed by atoms with Crippen LogP contribution in [0.4, 0.5) is 0 Å². The van der Waals surface area contributed by atoms with Crippen LogP contribution in [0.2, 0.25) is 0 Å². The fraction of sp³-hybridized carbons (Fsp3) is 0.500.